The Morgan fingerprint density at radius 3 is 2.49 bits per heavy atom. The van der Waals surface area contributed by atoms with E-state index in [1.165, 1.54) is 0 Å². The van der Waals surface area contributed by atoms with Crippen LogP contribution in [-0.2, 0) is 23.5 Å². The number of aliphatic hydroxyl groups is 1. The number of hydrogen-bond acceptors (Lipinski definition) is 4. The van der Waals surface area contributed by atoms with Crippen LogP contribution < -0.4 is 0 Å². The number of halogens is 2. The summed E-state index contributed by atoms with van der Waals surface area (Å²) >= 11 is 12.3. The zero-order valence-corrected chi connectivity index (χ0v) is 22.6. The topological polar surface area (TPSA) is 55.5 Å². The number of rotatable bonds is 8. The molecule has 4 fully saturated rings. The van der Waals surface area contributed by atoms with Crippen LogP contribution in [0.2, 0.25) is 10.0 Å². The second-order valence-electron chi connectivity index (χ2n) is 11.3. The molecule has 0 spiro atoms. The minimum atomic E-state index is -1.18. The fourth-order valence-electron chi connectivity index (χ4n) is 6.92. The summed E-state index contributed by atoms with van der Waals surface area (Å²) in [6, 6.07) is 15.6. The van der Waals surface area contributed by atoms with Crippen molar-refractivity contribution in [1.82, 2.24) is 4.98 Å². The molecule has 1 N–H and O–H groups in total. The highest BCUT2D eigenvalue weighted by Crippen LogP contribution is 2.45. The second kappa shape index (κ2) is 10.3. The number of ether oxygens (including phenoxy) is 1. The van der Waals surface area contributed by atoms with Crippen molar-refractivity contribution in [1.29, 1.82) is 0 Å². The average Bonchev–Trinajstić information content (AvgIpc) is 3.63. The summed E-state index contributed by atoms with van der Waals surface area (Å²) in [6.07, 6.45) is 8.61. The van der Waals surface area contributed by atoms with Gasteiger partial charge in [0.2, 0.25) is 5.89 Å². The highest BCUT2D eigenvalue weighted by atomic mass is 35.5. The van der Waals surface area contributed by atoms with E-state index in [0.717, 1.165) is 86.1 Å². The first-order valence-corrected chi connectivity index (χ1v) is 14.3. The van der Waals surface area contributed by atoms with Crippen molar-refractivity contribution in [3.63, 3.8) is 0 Å². The molecule has 3 saturated heterocycles. The van der Waals surface area contributed by atoms with Crippen LogP contribution in [0, 0.1) is 11.8 Å². The molecule has 2 aromatic carbocycles. The van der Waals surface area contributed by atoms with Gasteiger partial charge in [0.05, 0.1) is 35.9 Å². The first kappa shape index (κ1) is 25.4. The Hall–Kier alpha value is -1.89. The van der Waals surface area contributed by atoms with Gasteiger partial charge in [-0.3, -0.25) is 0 Å². The number of nitrogens with zero attached hydrogens (tertiary/aromatic N) is 2. The molecule has 0 unspecified atom stereocenters. The molecule has 5 nitrogen and oxygen atoms in total. The van der Waals surface area contributed by atoms with Crippen molar-refractivity contribution >= 4 is 23.2 Å². The molecule has 1 saturated carbocycles. The molecule has 3 aromatic rings. The van der Waals surface area contributed by atoms with E-state index >= 15 is 0 Å². The van der Waals surface area contributed by atoms with E-state index in [2.05, 4.69) is 4.98 Å². The SMILES string of the molecule is O[C@](c1ccccc1)(c1ncc(C[N+]23CCC(CC2)[C@@H](OCc2ccc(Cl)c(Cl)c2)C3)o1)C1CCCC1. The Labute approximate surface area is 229 Å². The van der Waals surface area contributed by atoms with Crippen molar-refractivity contribution in [3.8, 4) is 0 Å². The van der Waals surface area contributed by atoms with Crippen LogP contribution in [0.15, 0.2) is 59.1 Å². The Morgan fingerprint density at radius 2 is 1.76 bits per heavy atom. The predicted octanol–water partition coefficient (Wildman–Crippen LogP) is 6.73. The third kappa shape index (κ3) is 4.97. The lowest BCUT2D eigenvalue weighted by atomic mass is 9.80. The Bertz CT molecular complexity index is 1220. The Morgan fingerprint density at radius 1 is 1.00 bits per heavy atom. The molecule has 0 radical (unpaired) electrons. The highest BCUT2D eigenvalue weighted by Gasteiger charge is 2.48. The summed E-state index contributed by atoms with van der Waals surface area (Å²) in [4.78, 5) is 4.68. The van der Waals surface area contributed by atoms with Crippen molar-refractivity contribution in [2.45, 2.75) is 63.4 Å². The first-order chi connectivity index (χ1) is 18.0. The van der Waals surface area contributed by atoms with E-state index in [1.54, 1.807) is 0 Å². The molecule has 0 amide bonds. The number of aromatic nitrogens is 1. The summed E-state index contributed by atoms with van der Waals surface area (Å²) in [5.41, 5.74) is 0.734. The monoisotopic (exact) mass is 541 g/mol. The molecule has 196 valence electrons. The van der Waals surface area contributed by atoms with Gasteiger partial charge in [-0.05, 0) is 36.1 Å². The average molecular weight is 543 g/mol. The van der Waals surface area contributed by atoms with Crippen molar-refractivity contribution in [2.75, 3.05) is 19.6 Å². The van der Waals surface area contributed by atoms with Gasteiger partial charge in [-0.1, -0.05) is 72.4 Å². The van der Waals surface area contributed by atoms with E-state index in [0.29, 0.717) is 28.5 Å². The number of fused-ring (bicyclic) bond motifs is 3. The zero-order valence-electron chi connectivity index (χ0n) is 21.1. The van der Waals surface area contributed by atoms with Crippen LogP contribution >= 0.6 is 23.2 Å². The number of piperidine rings is 3. The maximum Gasteiger partial charge on any atom is 0.231 e. The first-order valence-electron chi connectivity index (χ1n) is 13.6. The molecule has 1 aliphatic carbocycles. The lowest BCUT2D eigenvalue weighted by molar-refractivity contribution is -0.959. The minimum Gasteiger partial charge on any atom is -0.436 e. The summed E-state index contributed by atoms with van der Waals surface area (Å²) in [5.74, 6) is 2.01. The predicted molar refractivity (Wildman–Crippen MR) is 144 cm³/mol. The van der Waals surface area contributed by atoms with Gasteiger partial charge in [0, 0.05) is 24.7 Å². The Balaban J connectivity index is 1.18. The molecule has 37 heavy (non-hydrogen) atoms. The van der Waals surface area contributed by atoms with E-state index in [4.69, 9.17) is 32.4 Å². The van der Waals surface area contributed by atoms with Gasteiger partial charge >= 0.3 is 0 Å². The molecule has 1 aromatic heterocycles. The fraction of sp³-hybridized carbons (Fsp3) is 0.500. The van der Waals surface area contributed by atoms with Crippen molar-refractivity contribution in [2.24, 2.45) is 11.8 Å². The van der Waals surface area contributed by atoms with Crippen LogP contribution in [0.4, 0.5) is 0 Å². The Kier molecular flexibility index (Phi) is 7.10. The van der Waals surface area contributed by atoms with Crippen LogP contribution in [0.1, 0.15) is 61.3 Å². The molecule has 4 aliphatic rings. The maximum absolute atomic E-state index is 12.1. The third-order valence-electron chi connectivity index (χ3n) is 9.02. The molecule has 3 aliphatic heterocycles. The number of benzene rings is 2. The van der Waals surface area contributed by atoms with Crippen LogP contribution in [-0.4, -0.2) is 40.3 Å². The zero-order chi connectivity index (χ0) is 25.5. The molecule has 4 heterocycles. The van der Waals surface area contributed by atoms with Gasteiger partial charge in [-0.25, -0.2) is 4.98 Å². The second-order valence-corrected chi connectivity index (χ2v) is 12.1. The summed E-state index contributed by atoms with van der Waals surface area (Å²) in [5, 5.41) is 13.2. The molecule has 7 rings (SSSR count). The smallest absolute Gasteiger partial charge is 0.231 e. The molecular weight excluding hydrogens is 507 g/mol. The van der Waals surface area contributed by atoms with Crippen LogP contribution in [0.3, 0.4) is 0 Å². The standard InChI is InChI=1S/C30H35Cl2N2O3/c31-26-11-10-21(16-27(26)32)20-36-28-19-34(14-12-22(28)13-15-34)18-25-17-33-29(37-25)30(35,24-8-4-5-9-24)23-6-2-1-3-7-23/h1-3,6-7,10-11,16-17,22,24,28,35H,4-5,8-9,12-15,18-20H2/q+1/t22?,28-,30-,34?/m0/s1. The van der Waals surface area contributed by atoms with Crippen molar-refractivity contribution in [3.05, 3.63) is 87.6 Å². The minimum absolute atomic E-state index is 0.123. The summed E-state index contributed by atoms with van der Waals surface area (Å²) in [7, 11) is 0. The van der Waals surface area contributed by atoms with Gasteiger partial charge in [0.1, 0.15) is 19.2 Å². The largest absolute Gasteiger partial charge is 0.436 e. The molecule has 2 atom stereocenters. The quantitative estimate of drug-likeness (QED) is 0.321. The lowest BCUT2D eigenvalue weighted by Gasteiger charge is -2.52. The van der Waals surface area contributed by atoms with Crippen LogP contribution in [0.25, 0.3) is 0 Å². The number of oxazole rings is 1. The fourth-order valence-corrected chi connectivity index (χ4v) is 7.24. The maximum atomic E-state index is 12.1. The van der Waals surface area contributed by atoms with E-state index in [-0.39, 0.29) is 12.0 Å². The van der Waals surface area contributed by atoms with Crippen molar-refractivity contribution < 1.29 is 18.7 Å². The van der Waals surface area contributed by atoms with Gasteiger partial charge in [0.15, 0.2) is 11.4 Å². The van der Waals surface area contributed by atoms with E-state index < -0.39 is 5.60 Å². The molecule has 2 bridgehead atoms. The van der Waals surface area contributed by atoms with E-state index in [1.807, 2.05) is 54.7 Å². The molecule has 7 heteroatoms. The number of hydrogen-bond donors (Lipinski definition) is 1. The van der Waals surface area contributed by atoms with Gasteiger partial charge in [-0.2, -0.15) is 0 Å². The molecular formula is C30H35Cl2N2O3+. The normalized spacial score (nSPS) is 27.4. The summed E-state index contributed by atoms with van der Waals surface area (Å²) < 4.78 is 13.8. The van der Waals surface area contributed by atoms with Crippen LogP contribution in [0.5, 0.6) is 0 Å². The lowest BCUT2D eigenvalue weighted by Crippen LogP contribution is -2.63. The summed E-state index contributed by atoms with van der Waals surface area (Å²) in [6.45, 7) is 4.53. The van der Waals surface area contributed by atoms with E-state index in [9.17, 15) is 5.11 Å². The highest BCUT2D eigenvalue weighted by molar-refractivity contribution is 6.42. The van der Waals surface area contributed by atoms with Gasteiger partial charge in [-0.15, -0.1) is 0 Å². The van der Waals surface area contributed by atoms with Gasteiger partial charge in [0.25, 0.3) is 0 Å². The van der Waals surface area contributed by atoms with Gasteiger partial charge < -0.3 is 18.7 Å². The third-order valence-corrected chi connectivity index (χ3v) is 9.76. The number of quaternary nitrogens is 1.